The molecule has 0 spiro atoms. The summed E-state index contributed by atoms with van der Waals surface area (Å²) in [6.07, 6.45) is 0. The number of esters is 1. The largest absolute Gasteiger partial charge is 0.462 e. The lowest BCUT2D eigenvalue weighted by Crippen LogP contribution is -2.06. The van der Waals surface area contributed by atoms with E-state index in [1.165, 1.54) is 0 Å². The van der Waals surface area contributed by atoms with E-state index in [-0.39, 0.29) is 5.97 Å². The molecule has 0 unspecified atom stereocenters. The van der Waals surface area contributed by atoms with Gasteiger partial charge in [-0.3, -0.25) is 0 Å². The van der Waals surface area contributed by atoms with E-state index in [0.29, 0.717) is 12.2 Å². The highest BCUT2D eigenvalue weighted by molar-refractivity contribution is 7.99. The highest BCUT2D eigenvalue weighted by atomic mass is 32.2. The lowest BCUT2D eigenvalue weighted by atomic mass is 10.2. The number of nitrogens with one attached hydrogen (secondary N) is 1. The van der Waals surface area contributed by atoms with Gasteiger partial charge in [0.1, 0.15) is 0 Å². The summed E-state index contributed by atoms with van der Waals surface area (Å²) in [5, 5.41) is 0.992. The van der Waals surface area contributed by atoms with E-state index in [1.807, 2.05) is 51.1 Å². The summed E-state index contributed by atoms with van der Waals surface area (Å²) in [5.74, 6) is -0.256. The molecular formula is C15H17NO2S. The molecule has 0 bridgehead atoms. The molecule has 0 aliphatic rings. The zero-order valence-corrected chi connectivity index (χ0v) is 12.1. The van der Waals surface area contributed by atoms with Gasteiger partial charge in [0.25, 0.3) is 0 Å². The van der Waals surface area contributed by atoms with Crippen LogP contribution < -0.4 is 0 Å². The molecule has 1 heterocycles. The molecule has 0 radical (unpaired) electrons. The van der Waals surface area contributed by atoms with Gasteiger partial charge in [0.05, 0.1) is 17.2 Å². The quantitative estimate of drug-likeness (QED) is 0.859. The number of aryl methyl sites for hydroxylation is 1. The highest BCUT2D eigenvalue weighted by Gasteiger charge is 2.19. The average Bonchev–Trinajstić information content (AvgIpc) is 2.66. The zero-order chi connectivity index (χ0) is 13.8. The maximum Gasteiger partial charge on any atom is 0.340 e. The maximum absolute atomic E-state index is 11.9. The van der Waals surface area contributed by atoms with E-state index < -0.39 is 0 Å². The monoisotopic (exact) mass is 275 g/mol. The van der Waals surface area contributed by atoms with E-state index >= 15 is 0 Å². The molecule has 0 fully saturated rings. The average molecular weight is 275 g/mol. The van der Waals surface area contributed by atoms with Gasteiger partial charge in [-0.05, 0) is 38.5 Å². The lowest BCUT2D eigenvalue weighted by Gasteiger charge is -2.03. The first-order valence-electron chi connectivity index (χ1n) is 6.22. The number of carbonyl (C=O) groups is 1. The summed E-state index contributed by atoms with van der Waals surface area (Å²) in [5.41, 5.74) is 2.46. The van der Waals surface area contributed by atoms with Crippen LogP contribution in [0.25, 0.3) is 0 Å². The molecule has 19 heavy (non-hydrogen) atoms. The van der Waals surface area contributed by atoms with Gasteiger partial charge in [0.2, 0.25) is 0 Å². The Balaban J connectivity index is 2.29. The minimum Gasteiger partial charge on any atom is -0.462 e. The summed E-state index contributed by atoms with van der Waals surface area (Å²) in [6.45, 7) is 6.05. The number of hydrogen-bond acceptors (Lipinski definition) is 3. The van der Waals surface area contributed by atoms with Gasteiger partial charge in [0.15, 0.2) is 0 Å². The summed E-state index contributed by atoms with van der Waals surface area (Å²) in [4.78, 5) is 16.3. The van der Waals surface area contributed by atoms with Crippen LogP contribution in [0.1, 0.15) is 28.5 Å². The molecule has 1 aromatic heterocycles. The molecule has 0 amide bonds. The van der Waals surface area contributed by atoms with Crippen molar-refractivity contribution in [2.75, 3.05) is 6.61 Å². The molecule has 1 aromatic carbocycles. The molecule has 100 valence electrons. The van der Waals surface area contributed by atoms with Crippen molar-refractivity contribution in [3.05, 3.63) is 47.2 Å². The molecule has 0 atom stereocenters. The third kappa shape index (κ3) is 3.01. The third-order valence-corrected chi connectivity index (χ3v) is 3.95. The Bertz CT molecular complexity index is 575. The Morgan fingerprint density at radius 2 is 1.95 bits per heavy atom. The molecule has 4 heteroatoms. The van der Waals surface area contributed by atoms with Crippen molar-refractivity contribution in [2.45, 2.75) is 30.7 Å². The van der Waals surface area contributed by atoms with Crippen LogP contribution in [-0.4, -0.2) is 17.6 Å². The van der Waals surface area contributed by atoms with Crippen LogP contribution in [0.4, 0.5) is 0 Å². The van der Waals surface area contributed by atoms with Crippen molar-refractivity contribution in [3.8, 4) is 0 Å². The SMILES string of the molecule is CCOC(=O)c1c(C)[nH]c(Sc2ccccc2)c1C. The summed E-state index contributed by atoms with van der Waals surface area (Å²) in [6, 6.07) is 10.1. The van der Waals surface area contributed by atoms with Crippen LogP contribution in [0, 0.1) is 13.8 Å². The van der Waals surface area contributed by atoms with Crippen molar-refractivity contribution >= 4 is 17.7 Å². The first-order valence-corrected chi connectivity index (χ1v) is 7.04. The van der Waals surface area contributed by atoms with Crippen molar-refractivity contribution in [1.29, 1.82) is 0 Å². The smallest absolute Gasteiger partial charge is 0.340 e. The van der Waals surface area contributed by atoms with Crippen LogP contribution in [0.5, 0.6) is 0 Å². The molecule has 0 aliphatic heterocycles. The number of rotatable bonds is 4. The number of carbonyl (C=O) groups excluding carboxylic acids is 1. The fourth-order valence-electron chi connectivity index (χ4n) is 1.94. The number of benzene rings is 1. The number of aromatic nitrogens is 1. The van der Waals surface area contributed by atoms with Gasteiger partial charge in [-0.2, -0.15) is 0 Å². The molecule has 3 nitrogen and oxygen atoms in total. The van der Waals surface area contributed by atoms with E-state index in [0.717, 1.165) is 21.2 Å². The fourth-order valence-corrected chi connectivity index (χ4v) is 2.93. The predicted octanol–water partition coefficient (Wildman–Crippen LogP) is 3.96. The maximum atomic E-state index is 11.9. The Hall–Kier alpha value is -1.68. The van der Waals surface area contributed by atoms with E-state index in [1.54, 1.807) is 11.8 Å². The van der Waals surface area contributed by atoms with Crippen molar-refractivity contribution in [1.82, 2.24) is 4.98 Å². The molecule has 1 N–H and O–H groups in total. The second-order valence-electron chi connectivity index (χ2n) is 4.21. The van der Waals surface area contributed by atoms with E-state index in [4.69, 9.17) is 4.74 Å². The predicted molar refractivity (Wildman–Crippen MR) is 76.8 cm³/mol. The van der Waals surface area contributed by atoms with Gasteiger partial charge >= 0.3 is 5.97 Å². The zero-order valence-electron chi connectivity index (χ0n) is 11.3. The Kier molecular flexibility index (Phi) is 4.32. The molecule has 0 aliphatic carbocycles. The van der Waals surface area contributed by atoms with Crippen LogP contribution in [0.2, 0.25) is 0 Å². The summed E-state index contributed by atoms with van der Waals surface area (Å²) < 4.78 is 5.08. The van der Waals surface area contributed by atoms with Gasteiger partial charge in [-0.1, -0.05) is 30.0 Å². The highest BCUT2D eigenvalue weighted by Crippen LogP contribution is 2.32. The minimum absolute atomic E-state index is 0.256. The van der Waals surface area contributed by atoms with Crippen LogP contribution >= 0.6 is 11.8 Å². The van der Waals surface area contributed by atoms with Crippen molar-refractivity contribution in [2.24, 2.45) is 0 Å². The number of H-pyrrole nitrogens is 1. The third-order valence-electron chi connectivity index (χ3n) is 2.83. The van der Waals surface area contributed by atoms with E-state index in [2.05, 4.69) is 4.98 Å². The second-order valence-corrected chi connectivity index (χ2v) is 5.30. The topological polar surface area (TPSA) is 42.1 Å². The van der Waals surface area contributed by atoms with Crippen LogP contribution in [0.3, 0.4) is 0 Å². The first kappa shape index (κ1) is 13.7. The van der Waals surface area contributed by atoms with Crippen LogP contribution in [-0.2, 0) is 4.74 Å². The standard InChI is InChI=1S/C15H17NO2S/c1-4-18-15(17)13-10(2)14(16-11(13)3)19-12-8-6-5-7-9-12/h5-9,16H,4H2,1-3H3. The molecule has 0 saturated carbocycles. The molecule has 2 rings (SSSR count). The van der Waals surface area contributed by atoms with Crippen molar-refractivity contribution in [3.63, 3.8) is 0 Å². The van der Waals surface area contributed by atoms with Gasteiger partial charge < -0.3 is 9.72 Å². The van der Waals surface area contributed by atoms with Crippen LogP contribution in [0.15, 0.2) is 40.3 Å². The number of hydrogen-bond donors (Lipinski definition) is 1. The summed E-state index contributed by atoms with van der Waals surface area (Å²) in [7, 11) is 0. The van der Waals surface area contributed by atoms with E-state index in [9.17, 15) is 4.79 Å². The molecule has 0 saturated heterocycles. The Morgan fingerprint density at radius 1 is 1.26 bits per heavy atom. The minimum atomic E-state index is -0.256. The fraction of sp³-hybridized carbons (Fsp3) is 0.267. The first-order chi connectivity index (χ1) is 9.13. The Labute approximate surface area is 117 Å². The summed E-state index contributed by atoms with van der Waals surface area (Å²) >= 11 is 1.62. The number of ether oxygens (including phenoxy) is 1. The lowest BCUT2D eigenvalue weighted by molar-refractivity contribution is 0.0525. The molecular weight excluding hydrogens is 258 g/mol. The Morgan fingerprint density at radius 3 is 2.58 bits per heavy atom. The van der Waals surface area contributed by atoms with Gasteiger partial charge in [-0.15, -0.1) is 0 Å². The normalized spacial score (nSPS) is 10.5. The van der Waals surface area contributed by atoms with Crippen molar-refractivity contribution < 1.29 is 9.53 Å². The number of aromatic amines is 1. The molecule has 2 aromatic rings. The van der Waals surface area contributed by atoms with Gasteiger partial charge in [0, 0.05) is 10.6 Å². The second kappa shape index (κ2) is 5.97. The van der Waals surface area contributed by atoms with Gasteiger partial charge in [-0.25, -0.2) is 4.79 Å².